The van der Waals surface area contributed by atoms with Crippen LogP contribution >= 0.6 is 22.9 Å². The Bertz CT molecular complexity index is 1130. The molecule has 0 unspecified atom stereocenters. The summed E-state index contributed by atoms with van der Waals surface area (Å²) in [4.78, 5) is 19.6. The molecule has 0 spiro atoms. The van der Waals surface area contributed by atoms with Crippen molar-refractivity contribution in [3.05, 3.63) is 80.2 Å². The number of fused-ring (bicyclic) bond motifs is 1. The summed E-state index contributed by atoms with van der Waals surface area (Å²) in [5.41, 5.74) is 5.80. The fourth-order valence-corrected chi connectivity index (χ4v) is 5.41. The molecule has 31 heavy (non-hydrogen) atoms. The predicted molar refractivity (Wildman–Crippen MR) is 133 cm³/mol. The fourth-order valence-electron chi connectivity index (χ4n) is 3.99. The summed E-state index contributed by atoms with van der Waals surface area (Å²) in [7, 11) is 0. The molecule has 1 aliphatic carbocycles. The van der Waals surface area contributed by atoms with Crippen molar-refractivity contribution in [3.63, 3.8) is 0 Å². The molecular formula is C26H27ClN2OS. The van der Waals surface area contributed by atoms with Crippen molar-refractivity contribution in [1.82, 2.24) is 0 Å². The topological polar surface area (TPSA) is 41.5 Å². The van der Waals surface area contributed by atoms with Gasteiger partial charge in [-0.3, -0.25) is 4.79 Å². The molecule has 0 atom stereocenters. The smallest absolute Gasteiger partial charge is 0.259 e. The molecule has 3 nitrogen and oxygen atoms in total. The van der Waals surface area contributed by atoms with E-state index >= 15 is 0 Å². The summed E-state index contributed by atoms with van der Waals surface area (Å²) in [5, 5.41) is 4.59. The molecule has 1 aromatic heterocycles. The van der Waals surface area contributed by atoms with Gasteiger partial charge in [0, 0.05) is 27.4 Å². The Labute approximate surface area is 193 Å². The molecule has 1 heterocycles. The SMILES string of the molecule is Cc1ccc(C)c(NC(=O)c2c(N=Cc3ccccc3Cl)sc3c2CCCCCC3)c1. The molecule has 0 saturated carbocycles. The van der Waals surface area contributed by atoms with Crippen LogP contribution in [0.2, 0.25) is 5.02 Å². The second-order valence-corrected chi connectivity index (χ2v) is 9.64. The predicted octanol–water partition coefficient (Wildman–Crippen LogP) is 7.68. The Balaban J connectivity index is 1.74. The maximum atomic E-state index is 13.5. The van der Waals surface area contributed by atoms with E-state index in [4.69, 9.17) is 16.6 Å². The van der Waals surface area contributed by atoms with Gasteiger partial charge in [-0.25, -0.2) is 4.99 Å². The molecule has 0 saturated heterocycles. The highest BCUT2D eigenvalue weighted by molar-refractivity contribution is 7.16. The van der Waals surface area contributed by atoms with Gasteiger partial charge < -0.3 is 5.32 Å². The lowest BCUT2D eigenvalue weighted by molar-refractivity contribution is 0.102. The van der Waals surface area contributed by atoms with Gasteiger partial charge >= 0.3 is 0 Å². The third-order valence-corrected chi connectivity index (χ3v) is 7.29. The number of carbonyl (C=O) groups excluding carboxylic acids is 1. The highest BCUT2D eigenvalue weighted by Crippen LogP contribution is 2.39. The second kappa shape index (κ2) is 9.80. The summed E-state index contributed by atoms with van der Waals surface area (Å²) in [6.07, 6.45) is 8.47. The lowest BCUT2D eigenvalue weighted by Gasteiger charge is -2.13. The molecule has 4 rings (SSSR count). The van der Waals surface area contributed by atoms with Gasteiger partial charge in [-0.1, -0.05) is 54.8 Å². The van der Waals surface area contributed by atoms with Gasteiger partial charge in [-0.05, 0) is 68.4 Å². The number of carbonyl (C=O) groups is 1. The van der Waals surface area contributed by atoms with Gasteiger partial charge in [-0.15, -0.1) is 11.3 Å². The summed E-state index contributed by atoms with van der Waals surface area (Å²) in [5.74, 6) is -0.0712. The highest BCUT2D eigenvalue weighted by Gasteiger charge is 2.24. The van der Waals surface area contributed by atoms with Crippen LogP contribution in [0.25, 0.3) is 0 Å². The van der Waals surface area contributed by atoms with Crippen LogP contribution in [0.3, 0.4) is 0 Å². The Morgan fingerprint density at radius 1 is 1.06 bits per heavy atom. The molecule has 0 aliphatic heterocycles. The third-order valence-electron chi connectivity index (χ3n) is 5.75. The van der Waals surface area contributed by atoms with E-state index in [0.29, 0.717) is 5.02 Å². The first kappa shape index (κ1) is 21.8. The largest absolute Gasteiger partial charge is 0.322 e. The van der Waals surface area contributed by atoms with Gasteiger partial charge in [-0.2, -0.15) is 0 Å². The molecular weight excluding hydrogens is 424 g/mol. The van der Waals surface area contributed by atoms with Crippen LogP contribution in [0.1, 0.15) is 63.2 Å². The number of halogens is 1. The van der Waals surface area contributed by atoms with E-state index in [9.17, 15) is 4.79 Å². The number of hydrogen-bond acceptors (Lipinski definition) is 3. The van der Waals surface area contributed by atoms with Crippen molar-refractivity contribution < 1.29 is 4.79 Å². The zero-order chi connectivity index (χ0) is 21.8. The van der Waals surface area contributed by atoms with E-state index in [-0.39, 0.29) is 5.91 Å². The lowest BCUT2D eigenvalue weighted by atomic mass is 9.96. The maximum absolute atomic E-state index is 13.5. The first-order valence-electron chi connectivity index (χ1n) is 10.8. The Morgan fingerprint density at radius 3 is 2.65 bits per heavy atom. The number of anilines is 1. The van der Waals surface area contributed by atoms with Gasteiger partial charge in [0.1, 0.15) is 5.00 Å². The zero-order valence-corrected chi connectivity index (χ0v) is 19.6. The van der Waals surface area contributed by atoms with E-state index in [2.05, 4.69) is 11.4 Å². The average Bonchev–Trinajstić information content (AvgIpc) is 3.06. The maximum Gasteiger partial charge on any atom is 0.259 e. The van der Waals surface area contributed by atoms with Crippen LogP contribution in [0.4, 0.5) is 10.7 Å². The minimum absolute atomic E-state index is 0.0712. The van der Waals surface area contributed by atoms with Crippen LogP contribution in [-0.4, -0.2) is 12.1 Å². The van der Waals surface area contributed by atoms with Crippen LogP contribution in [0.5, 0.6) is 0 Å². The van der Waals surface area contributed by atoms with Crippen LogP contribution < -0.4 is 5.32 Å². The monoisotopic (exact) mass is 450 g/mol. The normalized spacial score (nSPS) is 14.2. The minimum atomic E-state index is -0.0712. The number of thiophene rings is 1. The van der Waals surface area contributed by atoms with Crippen LogP contribution in [-0.2, 0) is 12.8 Å². The van der Waals surface area contributed by atoms with Crippen LogP contribution in [0.15, 0.2) is 47.5 Å². The quantitative estimate of drug-likeness (QED) is 0.407. The highest BCUT2D eigenvalue weighted by atomic mass is 35.5. The molecule has 0 radical (unpaired) electrons. The Kier molecular flexibility index (Phi) is 6.89. The molecule has 1 amide bonds. The van der Waals surface area contributed by atoms with Crippen molar-refractivity contribution in [1.29, 1.82) is 0 Å². The van der Waals surface area contributed by atoms with Crippen molar-refractivity contribution in [2.24, 2.45) is 4.99 Å². The molecule has 160 valence electrons. The second-order valence-electron chi connectivity index (χ2n) is 8.15. The number of benzene rings is 2. The van der Waals surface area contributed by atoms with Crippen LogP contribution in [0, 0.1) is 13.8 Å². The number of amides is 1. The number of nitrogens with one attached hydrogen (secondary N) is 1. The van der Waals surface area contributed by atoms with E-state index in [1.165, 1.54) is 29.7 Å². The lowest BCUT2D eigenvalue weighted by Crippen LogP contribution is -2.15. The molecule has 2 aromatic carbocycles. The van der Waals surface area contributed by atoms with Crippen molar-refractivity contribution in [2.75, 3.05) is 5.32 Å². The van der Waals surface area contributed by atoms with E-state index in [1.54, 1.807) is 17.6 Å². The molecule has 5 heteroatoms. The van der Waals surface area contributed by atoms with Gasteiger partial charge in [0.25, 0.3) is 5.91 Å². The number of hydrogen-bond donors (Lipinski definition) is 1. The first-order valence-corrected chi connectivity index (χ1v) is 12.0. The van der Waals surface area contributed by atoms with Crippen molar-refractivity contribution in [3.8, 4) is 0 Å². The van der Waals surface area contributed by atoms with Crippen molar-refractivity contribution in [2.45, 2.75) is 52.4 Å². The Morgan fingerprint density at radius 2 is 1.84 bits per heavy atom. The van der Waals surface area contributed by atoms with Gasteiger partial charge in [0.05, 0.1) is 5.56 Å². The number of rotatable bonds is 4. The van der Waals surface area contributed by atoms with E-state index in [1.807, 2.05) is 50.2 Å². The van der Waals surface area contributed by atoms with E-state index < -0.39 is 0 Å². The first-order chi connectivity index (χ1) is 15.0. The van der Waals surface area contributed by atoms with Gasteiger partial charge in [0.15, 0.2) is 0 Å². The summed E-state index contributed by atoms with van der Waals surface area (Å²) in [6.45, 7) is 4.05. The van der Waals surface area contributed by atoms with E-state index in [0.717, 1.165) is 52.2 Å². The summed E-state index contributed by atoms with van der Waals surface area (Å²) < 4.78 is 0. The fraction of sp³-hybridized carbons (Fsp3) is 0.308. The van der Waals surface area contributed by atoms with Crippen molar-refractivity contribution >= 4 is 45.7 Å². The molecule has 1 aliphatic rings. The summed E-state index contributed by atoms with van der Waals surface area (Å²) >= 11 is 7.96. The number of aliphatic imine (C=N–C) groups is 1. The Hall–Kier alpha value is -2.43. The summed E-state index contributed by atoms with van der Waals surface area (Å²) in [6, 6.07) is 13.8. The average molecular weight is 451 g/mol. The zero-order valence-electron chi connectivity index (χ0n) is 18.0. The molecule has 1 N–H and O–H groups in total. The molecule has 3 aromatic rings. The molecule has 0 fully saturated rings. The molecule has 0 bridgehead atoms. The number of aryl methyl sites for hydroxylation is 3. The van der Waals surface area contributed by atoms with Gasteiger partial charge in [0.2, 0.25) is 0 Å². The number of nitrogens with zero attached hydrogens (tertiary/aromatic N) is 1. The standard InChI is InChI=1S/C26H27ClN2OS/c1-17-13-14-18(2)22(15-17)29-25(30)24-20-10-5-3-4-6-12-23(20)31-26(24)28-16-19-9-7-8-11-21(19)27/h7-9,11,13-16H,3-6,10,12H2,1-2H3,(H,29,30). The minimum Gasteiger partial charge on any atom is -0.322 e. The third kappa shape index (κ3) is 5.08.